The minimum Gasteiger partial charge on any atom is -0.508 e. The molecule has 4 aromatic rings. The van der Waals surface area contributed by atoms with E-state index in [1.807, 2.05) is 42.5 Å². The number of allylic oxidation sites excluding steroid dienone is 1. The van der Waals surface area contributed by atoms with Gasteiger partial charge in [-0.3, -0.25) is 0 Å². The molecule has 0 atom stereocenters. The third kappa shape index (κ3) is 7.80. The van der Waals surface area contributed by atoms with Gasteiger partial charge in [0.1, 0.15) is 30.3 Å². The Morgan fingerprint density at radius 1 is 0.932 bits per heavy atom. The highest BCUT2D eigenvalue weighted by Gasteiger charge is 2.16. The maximum Gasteiger partial charge on any atom is 0.407 e. The molecule has 5 rings (SSSR count). The molecule has 0 unspecified atom stereocenters. The number of nitrogens with zero attached hydrogens (tertiary/aromatic N) is 1. The van der Waals surface area contributed by atoms with Crippen molar-refractivity contribution in [2.24, 2.45) is 0 Å². The first-order chi connectivity index (χ1) is 21.4. The van der Waals surface area contributed by atoms with Crippen molar-refractivity contribution >= 4 is 40.5 Å². The van der Waals surface area contributed by atoms with Crippen molar-refractivity contribution in [3.8, 4) is 11.5 Å². The third-order valence-electron chi connectivity index (χ3n) is 8.05. The summed E-state index contributed by atoms with van der Waals surface area (Å²) in [6.07, 6.45) is 5.35. The average molecular weight is 613 g/mol. The number of carbonyl (C=O) groups excluding carboxylic acids is 1. The Bertz CT molecular complexity index is 1650. The smallest absolute Gasteiger partial charge is 0.407 e. The Labute approximate surface area is 264 Å². The molecule has 0 radical (unpaired) electrons. The van der Waals surface area contributed by atoms with E-state index in [2.05, 4.69) is 36.2 Å². The Balaban J connectivity index is 1.14. The Morgan fingerprint density at radius 2 is 1.61 bits per heavy atom. The molecule has 2 N–H and O–H groups in total. The molecule has 1 amide bonds. The van der Waals surface area contributed by atoms with Gasteiger partial charge in [-0.1, -0.05) is 36.3 Å². The number of rotatable bonds is 11. The number of hydrogen-bond acceptors (Lipinski definition) is 7. The van der Waals surface area contributed by atoms with Gasteiger partial charge in [0.05, 0.1) is 6.54 Å². The highest BCUT2D eigenvalue weighted by atomic mass is 32.1. The summed E-state index contributed by atoms with van der Waals surface area (Å²) < 4.78 is 17.5. The van der Waals surface area contributed by atoms with E-state index < -0.39 is 6.09 Å². The molecule has 1 heterocycles. The molecule has 3 aromatic carbocycles. The van der Waals surface area contributed by atoms with Crippen LogP contribution in [-0.4, -0.2) is 37.4 Å². The minimum absolute atomic E-state index is 0.0775. The van der Waals surface area contributed by atoms with Crippen LogP contribution in [-0.2, 0) is 11.3 Å². The molecule has 8 heteroatoms. The number of amides is 1. The van der Waals surface area contributed by atoms with E-state index >= 15 is 0 Å². The number of aromatic hydroxyl groups is 1. The summed E-state index contributed by atoms with van der Waals surface area (Å²) in [5, 5.41) is 13.4. The third-order valence-corrected chi connectivity index (χ3v) is 8.25. The fraction of sp³-hybridized carbons (Fsp3) is 0.333. The predicted octanol–water partition coefficient (Wildman–Crippen LogP) is 8.79. The van der Waals surface area contributed by atoms with Gasteiger partial charge in [-0.25, -0.2) is 4.79 Å². The zero-order valence-corrected chi connectivity index (χ0v) is 26.3. The number of fused-ring (bicyclic) bond motifs is 1. The first kappa shape index (κ1) is 31.1. The van der Waals surface area contributed by atoms with E-state index in [-0.39, 0.29) is 12.4 Å². The maximum absolute atomic E-state index is 12.4. The normalized spacial score (nSPS) is 13.0. The van der Waals surface area contributed by atoms with Gasteiger partial charge in [0.2, 0.25) is 0 Å². The van der Waals surface area contributed by atoms with Gasteiger partial charge < -0.3 is 29.2 Å². The monoisotopic (exact) mass is 612 g/mol. The van der Waals surface area contributed by atoms with Crippen LogP contribution in [0.2, 0.25) is 0 Å². The van der Waals surface area contributed by atoms with Crippen molar-refractivity contribution in [1.82, 2.24) is 5.32 Å². The molecule has 1 fully saturated rings. The lowest BCUT2D eigenvalue weighted by Gasteiger charge is -2.21. The van der Waals surface area contributed by atoms with Crippen LogP contribution in [0.5, 0.6) is 11.5 Å². The lowest BCUT2D eigenvalue weighted by molar-refractivity contribution is 0.138. The van der Waals surface area contributed by atoms with Crippen LogP contribution in [0.3, 0.4) is 0 Å². The van der Waals surface area contributed by atoms with Gasteiger partial charge in [-0.2, -0.15) is 0 Å². The van der Waals surface area contributed by atoms with Crippen molar-refractivity contribution in [2.45, 2.75) is 52.6 Å². The molecule has 0 spiro atoms. The van der Waals surface area contributed by atoms with Crippen LogP contribution in [0.1, 0.15) is 62.6 Å². The van der Waals surface area contributed by atoms with E-state index in [0.717, 1.165) is 59.4 Å². The fourth-order valence-electron chi connectivity index (χ4n) is 5.79. The van der Waals surface area contributed by atoms with E-state index in [4.69, 9.17) is 26.1 Å². The Kier molecular flexibility index (Phi) is 10.6. The van der Waals surface area contributed by atoms with Gasteiger partial charge in [0.15, 0.2) is 4.71 Å². The largest absolute Gasteiger partial charge is 0.508 e. The second-order valence-corrected chi connectivity index (χ2v) is 11.3. The molecule has 0 aliphatic heterocycles. The van der Waals surface area contributed by atoms with Gasteiger partial charge in [-0.05, 0) is 111 Å². The van der Waals surface area contributed by atoms with E-state index in [1.165, 1.54) is 30.4 Å². The quantitative estimate of drug-likeness (QED) is 0.129. The minimum atomic E-state index is -0.527. The van der Waals surface area contributed by atoms with E-state index in [0.29, 0.717) is 23.4 Å². The van der Waals surface area contributed by atoms with Gasteiger partial charge in [-0.15, -0.1) is 0 Å². The zero-order chi connectivity index (χ0) is 30.9. The molecular weight excluding hydrogens is 572 g/mol. The van der Waals surface area contributed by atoms with Crippen LogP contribution in [0.4, 0.5) is 10.5 Å². The molecule has 7 nitrogen and oxygen atoms in total. The molecule has 1 aliphatic carbocycles. The second-order valence-electron chi connectivity index (χ2n) is 10.9. The number of ether oxygens (including phenoxy) is 2. The molecule has 1 aliphatic rings. The summed E-state index contributed by atoms with van der Waals surface area (Å²) in [6, 6.07) is 23.3. The van der Waals surface area contributed by atoms with Crippen molar-refractivity contribution in [1.29, 1.82) is 0 Å². The van der Waals surface area contributed by atoms with E-state index in [1.54, 1.807) is 18.2 Å². The highest BCUT2D eigenvalue weighted by Crippen LogP contribution is 2.36. The summed E-state index contributed by atoms with van der Waals surface area (Å²) in [4.78, 5) is 14.7. The predicted molar refractivity (Wildman–Crippen MR) is 178 cm³/mol. The molecule has 1 aromatic heterocycles. The SMILES string of the molecule is CCN(CC)c1ccc2c(COC(=O)NCCOc3ccc(C(=C4CCCCC4)c4ccc(O)cc4)cc3)cc(=S)oc2c1. The van der Waals surface area contributed by atoms with Crippen LogP contribution in [0.15, 0.2) is 82.8 Å². The Morgan fingerprint density at radius 3 is 2.30 bits per heavy atom. The summed E-state index contributed by atoms with van der Waals surface area (Å²) in [7, 11) is 0. The van der Waals surface area contributed by atoms with Gasteiger partial charge in [0, 0.05) is 35.8 Å². The summed E-state index contributed by atoms with van der Waals surface area (Å²) in [6.45, 7) is 6.68. The average Bonchev–Trinajstić information content (AvgIpc) is 3.04. The number of hydrogen-bond donors (Lipinski definition) is 2. The number of alkyl carbamates (subject to hydrolysis) is 1. The molecule has 0 saturated heterocycles. The lowest BCUT2D eigenvalue weighted by atomic mass is 9.85. The van der Waals surface area contributed by atoms with Gasteiger partial charge in [0.25, 0.3) is 0 Å². The first-order valence-electron chi connectivity index (χ1n) is 15.4. The summed E-state index contributed by atoms with van der Waals surface area (Å²) in [5.74, 6) is 0.992. The molecule has 44 heavy (non-hydrogen) atoms. The van der Waals surface area contributed by atoms with Crippen molar-refractivity contribution in [3.05, 3.63) is 99.8 Å². The van der Waals surface area contributed by atoms with Crippen LogP contribution >= 0.6 is 12.2 Å². The number of anilines is 1. The molecule has 230 valence electrons. The van der Waals surface area contributed by atoms with E-state index in [9.17, 15) is 9.90 Å². The number of phenolic OH excluding ortho intramolecular Hbond substituents is 1. The molecule has 0 bridgehead atoms. The van der Waals surface area contributed by atoms with Crippen LogP contribution < -0.4 is 15.0 Å². The van der Waals surface area contributed by atoms with Crippen LogP contribution in [0, 0.1) is 4.71 Å². The number of phenols is 1. The Hall–Kier alpha value is -4.30. The number of benzene rings is 3. The first-order valence-corrected chi connectivity index (χ1v) is 15.8. The number of carbonyl (C=O) groups is 1. The van der Waals surface area contributed by atoms with Crippen molar-refractivity contribution in [2.75, 3.05) is 31.1 Å². The second kappa shape index (κ2) is 14.9. The van der Waals surface area contributed by atoms with Gasteiger partial charge >= 0.3 is 6.09 Å². The standard InChI is InChI=1S/C36H40N2O5S/c1-3-38(4-2)29-14-19-32-28(22-34(44)43-33(32)23-29)24-42-36(40)37-20-21-41-31-17-12-27(13-18-31)35(25-8-6-5-7-9-25)26-10-15-30(39)16-11-26/h10-19,22-23,39H,3-9,20-21,24H2,1-2H3,(H,37,40). The molecular formula is C36H40N2O5S. The van der Waals surface area contributed by atoms with Crippen LogP contribution in [0.25, 0.3) is 16.5 Å². The lowest BCUT2D eigenvalue weighted by Crippen LogP contribution is -2.28. The zero-order valence-electron chi connectivity index (χ0n) is 25.4. The summed E-state index contributed by atoms with van der Waals surface area (Å²) in [5.41, 5.74) is 7.48. The summed E-state index contributed by atoms with van der Waals surface area (Å²) >= 11 is 5.33. The topological polar surface area (TPSA) is 84.2 Å². The van der Waals surface area contributed by atoms with Crippen molar-refractivity contribution in [3.63, 3.8) is 0 Å². The molecule has 1 saturated carbocycles. The van der Waals surface area contributed by atoms with Crippen molar-refractivity contribution < 1.29 is 23.8 Å². The number of nitrogens with one attached hydrogen (secondary N) is 1. The fourth-order valence-corrected chi connectivity index (χ4v) is 6.02. The maximum atomic E-state index is 12.4. The highest BCUT2D eigenvalue weighted by molar-refractivity contribution is 7.71.